The molecule has 0 radical (unpaired) electrons. The summed E-state index contributed by atoms with van der Waals surface area (Å²) in [5.41, 5.74) is 3.92. The van der Waals surface area contributed by atoms with Crippen LogP contribution in [0.3, 0.4) is 0 Å². The van der Waals surface area contributed by atoms with Gasteiger partial charge in [0.25, 0.3) is 0 Å². The van der Waals surface area contributed by atoms with Crippen molar-refractivity contribution in [2.75, 3.05) is 17.2 Å². The lowest BCUT2D eigenvalue weighted by Crippen LogP contribution is -2.09. The summed E-state index contributed by atoms with van der Waals surface area (Å²) in [6, 6.07) is 14.5. The molecular weight excluding hydrogens is 352 g/mol. The predicted molar refractivity (Wildman–Crippen MR) is 108 cm³/mol. The molecule has 0 unspecified atom stereocenters. The predicted octanol–water partition coefficient (Wildman–Crippen LogP) is 4.98. The third kappa shape index (κ3) is 3.85. The Kier molecular flexibility index (Phi) is 4.84. The number of aromatic nitrogens is 1. The van der Waals surface area contributed by atoms with Crippen LogP contribution < -0.4 is 4.72 Å². The van der Waals surface area contributed by atoms with Crippen molar-refractivity contribution in [1.29, 1.82) is 0 Å². The van der Waals surface area contributed by atoms with Gasteiger partial charge >= 0.3 is 0 Å². The van der Waals surface area contributed by atoms with Crippen molar-refractivity contribution >= 4 is 38.4 Å². The van der Waals surface area contributed by atoms with Crippen molar-refractivity contribution < 1.29 is 8.42 Å². The second-order valence-corrected chi connectivity index (χ2v) is 9.01. The average Bonchev–Trinajstić information content (AvgIpc) is 2.92. The Hall–Kier alpha value is -1.92. The summed E-state index contributed by atoms with van der Waals surface area (Å²) < 4.78 is 27.8. The highest BCUT2D eigenvalue weighted by molar-refractivity contribution is 7.98. The molecule has 1 heterocycles. The number of benzene rings is 2. The molecule has 0 bridgehead atoms. The average molecular weight is 375 g/mol. The zero-order chi connectivity index (χ0) is 18.2. The monoisotopic (exact) mass is 374 g/mol. The highest BCUT2D eigenvalue weighted by Gasteiger charge is 2.14. The van der Waals surface area contributed by atoms with E-state index in [2.05, 4.69) is 59.9 Å². The fourth-order valence-corrected chi connectivity index (χ4v) is 3.92. The lowest BCUT2D eigenvalue weighted by atomic mass is 10.0. The van der Waals surface area contributed by atoms with E-state index in [1.807, 2.05) is 18.2 Å². The summed E-state index contributed by atoms with van der Waals surface area (Å²) >= 11 is 1.72. The zero-order valence-corrected chi connectivity index (χ0v) is 16.4. The largest absolute Gasteiger partial charge is 0.344 e. The maximum atomic E-state index is 11.5. The van der Waals surface area contributed by atoms with Crippen molar-refractivity contribution in [2.24, 2.45) is 0 Å². The van der Waals surface area contributed by atoms with E-state index >= 15 is 0 Å². The Bertz CT molecular complexity index is 1000. The Morgan fingerprint density at radius 3 is 2.32 bits per heavy atom. The van der Waals surface area contributed by atoms with E-state index in [0.29, 0.717) is 5.69 Å². The van der Waals surface area contributed by atoms with E-state index in [1.54, 1.807) is 11.8 Å². The number of hydrogen-bond donors (Lipinski definition) is 1. The molecule has 0 aliphatic rings. The number of anilines is 1. The van der Waals surface area contributed by atoms with Gasteiger partial charge in [0.1, 0.15) is 0 Å². The van der Waals surface area contributed by atoms with Crippen LogP contribution in [-0.4, -0.2) is 25.5 Å². The molecule has 2 aromatic carbocycles. The minimum Gasteiger partial charge on any atom is -0.344 e. The lowest BCUT2D eigenvalue weighted by molar-refractivity contribution is 0.607. The molecule has 4 nitrogen and oxygen atoms in total. The fraction of sp³-hybridized carbons (Fsp3) is 0.263. The van der Waals surface area contributed by atoms with Gasteiger partial charge in [-0.05, 0) is 49.9 Å². The van der Waals surface area contributed by atoms with Crippen molar-refractivity contribution in [2.45, 2.75) is 24.8 Å². The molecule has 0 saturated heterocycles. The summed E-state index contributed by atoms with van der Waals surface area (Å²) in [6.45, 7) is 4.24. The summed E-state index contributed by atoms with van der Waals surface area (Å²) in [7, 11) is -3.29. The number of nitrogens with one attached hydrogen (secondary N) is 1. The molecule has 25 heavy (non-hydrogen) atoms. The van der Waals surface area contributed by atoms with Crippen LogP contribution in [0.15, 0.2) is 53.6 Å². The number of sulfonamides is 1. The third-order valence-corrected chi connectivity index (χ3v) is 5.44. The number of hydrogen-bond acceptors (Lipinski definition) is 3. The number of rotatable bonds is 5. The number of nitrogens with zero attached hydrogens (tertiary/aromatic N) is 1. The third-order valence-electron chi connectivity index (χ3n) is 4.09. The van der Waals surface area contributed by atoms with Gasteiger partial charge in [0.15, 0.2) is 0 Å². The van der Waals surface area contributed by atoms with E-state index in [-0.39, 0.29) is 6.04 Å². The highest BCUT2D eigenvalue weighted by atomic mass is 32.2. The Morgan fingerprint density at radius 2 is 1.76 bits per heavy atom. The molecule has 0 fully saturated rings. The van der Waals surface area contributed by atoms with Crippen LogP contribution in [0.2, 0.25) is 0 Å². The van der Waals surface area contributed by atoms with Crippen LogP contribution in [0, 0.1) is 0 Å². The first kappa shape index (κ1) is 17.9. The van der Waals surface area contributed by atoms with E-state index in [4.69, 9.17) is 0 Å². The summed E-state index contributed by atoms with van der Waals surface area (Å²) in [5, 5.41) is 1.12. The van der Waals surface area contributed by atoms with Crippen LogP contribution in [0.1, 0.15) is 19.9 Å². The molecule has 1 aromatic heterocycles. The quantitative estimate of drug-likeness (QED) is 0.641. The van der Waals surface area contributed by atoms with Gasteiger partial charge in [0.05, 0.1) is 17.5 Å². The van der Waals surface area contributed by atoms with Crippen molar-refractivity contribution in [3.8, 4) is 11.1 Å². The van der Waals surface area contributed by atoms with E-state index in [0.717, 1.165) is 28.3 Å². The van der Waals surface area contributed by atoms with Gasteiger partial charge in [0, 0.05) is 28.1 Å². The van der Waals surface area contributed by atoms with E-state index in [1.165, 1.54) is 4.90 Å². The molecular formula is C19H22N2O2S2. The second-order valence-electron chi connectivity index (χ2n) is 6.38. The summed E-state index contributed by atoms with van der Waals surface area (Å²) in [6.07, 6.45) is 5.38. The summed E-state index contributed by atoms with van der Waals surface area (Å²) in [5.74, 6) is 0. The van der Waals surface area contributed by atoms with Gasteiger partial charge in [-0.3, -0.25) is 4.72 Å². The maximum Gasteiger partial charge on any atom is 0.229 e. The molecule has 132 valence electrons. The van der Waals surface area contributed by atoms with Gasteiger partial charge in [-0.1, -0.05) is 18.2 Å². The normalized spacial score (nSPS) is 12.0. The molecule has 0 aliphatic heterocycles. The smallest absolute Gasteiger partial charge is 0.229 e. The number of thioether (sulfide) groups is 1. The van der Waals surface area contributed by atoms with Crippen molar-refractivity contribution in [3.05, 3.63) is 48.7 Å². The maximum absolute atomic E-state index is 11.5. The molecule has 3 aromatic rings. The van der Waals surface area contributed by atoms with Gasteiger partial charge < -0.3 is 4.57 Å². The van der Waals surface area contributed by atoms with E-state index in [9.17, 15) is 8.42 Å². The fourth-order valence-electron chi connectivity index (χ4n) is 2.96. The Balaban J connectivity index is 2.16. The van der Waals surface area contributed by atoms with Crippen LogP contribution in [-0.2, 0) is 10.0 Å². The van der Waals surface area contributed by atoms with Gasteiger partial charge in [-0.2, -0.15) is 0 Å². The minimum absolute atomic E-state index is 0.273. The molecule has 0 atom stereocenters. The standard InChI is InChI=1S/C19H22N2O2S2/c1-13(2)21-12-18(14-5-8-16(24-3)9-6-14)17-10-7-15(11-19(17)21)20-25(4,22)23/h5-13,20H,1-4H3. The van der Waals surface area contributed by atoms with Crippen LogP contribution in [0.5, 0.6) is 0 Å². The molecule has 3 rings (SSSR count). The van der Waals surface area contributed by atoms with Crippen molar-refractivity contribution in [3.63, 3.8) is 0 Å². The molecule has 0 amide bonds. The van der Waals surface area contributed by atoms with E-state index < -0.39 is 10.0 Å². The van der Waals surface area contributed by atoms with Crippen LogP contribution in [0.25, 0.3) is 22.0 Å². The molecule has 6 heteroatoms. The van der Waals surface area contributed by atoms with Gasteiger partial charge in [-0.25, -0.2) is 8.42 Å². The Labute approximate surface area is 153 Å². The first-order valence-electron chi connectivity index (χ1n) is 8.05. The van der Waals surface area contributed by atoms with Gasteiger partial charge in [0.2, 0.25) is 10.0 Å². The number of fused-ring (bicyclic) bond motifs is 1. The molecule has 1 N–H and O–H groups in total. The van der Waals surface area contributed by atoms with Gasteiger partial charge in [-0.15, -0.1) is 11.8 Å². The van der Waals surface area contributed by atoms with Crippen LogP contribution in [0.4, 0.5) is 5.69 Å². The molecule has 0 spiro atoms. The first-order valence-corrected chi connectivity index (χ1v) is 11.2. The molecule has 0 aliphatic carbocycles. The first-order chi connectivity index (χ1) is 11.8. The minimum atomic E-state index is -3.29. The second kappa shape index (κ2) is 6.77. The van der Waals surface area contributed by atoms with Crippen molar-refractivity contribution in [1.82, 2.24) is 4.57 Å². The topological polar surface area (TPSA) is 51.1 Å². The highest BCUT2D eigenvalue weighted by Crippen LogP contribution is 2.35. The molecule has 0 saturated carbocycles. The lowest BCUT2D eigenvalue weighted by Gasteiger charge is -2.10. The zero-order valence-electron chi connectivity index (χ0n) is 14.8. The Morgan fingerprint density at radius 1 is 1.08 bits per heavy atom. The van der Waals surface area contributed by atoms with Crippen LogP contribution >= 0.6 is 11.8 Å². The SMILES string of the molecule is CSc1ccc(-c2cn(C(C)C)c3cc(NS(C)(=O)=O)ccc23)cc1. The summed E-state index contributed by atoms with van der Waals surface area (Å²) in [4.78, 5) is 1.23.